The van der Waals surface area contributed by atoms with Crippen LogP contribution in [0.2, 0.25) is 0 Å². The molecule has 3 nitrogen and oxygen atoms in total. The summed E-state index contributed by atoms with van der Waals surface area (Å²) in [5, 5.41) is 5.58. The Kier molecular flexibility index (Phi) is 6.64. The van der Waals surface area contributed by atoms with Crippen LogP contribution in [0.4, 0.5) is 0 Å². The molecule has 0 amide bonds. The quantitative estimate of drug-likeness (QED) is 0.711. The van der Waals surface area contributed by atoms with Gasteiger partial charge in [0.05, 0.1) is 25.9 Å². The molecule has 0 saturated heterocycles. The average Bonchev–Trinajstić information content (AvgIpc) is 2.69. The Bertz CT molecular complexity index is 288. The maximum Gasteiger partial charge on any atom is 0.0701 e. The predicted molar refractivity (Wildman–Crippen MR) is 68.2 cm³/mol. The van der Waals surface area contributed by atoms with Crippen LogP contribution in [0.5, 0.6) is 0 Å². The van der Waals surface area contributed by atoms with E-state index in [1.54, 1.807) is 18.4 Å². The van der Waals surface area contributed by atoms with Gasteiger partial charge in [-0.05, 0) is 30.5 Å². The summed E-state index contributed by atoms with van der Waals surface area (Å²) >= 11 is 1.79. The lowest BCUT2D eigenvalue weighted by Crippen LogP contribution is -2.25. The molecular weight excluding hydrogens is 222 g/mol. The molecular formula is C12H21NO2S. The molecule has 92 valence electrons. The first-order valence-electron chi connectivity index (χ1n) is 5.63. The van der Waals surface area contributed by atoms with Crippen LogP contribution in [0.15, 0.2) is 11.4 Å². The van der Waals surface area contributed by atoms with Crippen molar-refractivity contribution in [3.05, 3.63) is 21.9 Å². The first-order chi connectivity index (χ1) is 7.79. The van der Waals surface area contributed by atoms with Crippen molar-refractivity contribution in [2.24, 2.45) is 0 Å². The first kappa shape index (κ1) is 13.6. The van der Waals surface area contributed by atoms with Crippen molar-refractivity contribution in [2.75, 3.05) is 33.5 Å². The third-order valence-corrected chi connectivity index (χ3v) is 3.52. The van der Waals surface area contributed by atoms with Crippen molar-refractivity contribution < 1.29 is 9.47 Å². The molecule has 16 heavy (non-hydrogen) atoms. The maximum absolute atomic E-state index is 5.59. The van der Waals surface area contributed by atoms with Crippen molar-refractivity contribution in [1.82, 2.24) is 5.32 Å². The van der Waals surface area contributed by atoms with Crippen molar-refractivity contribution in [3.8, 4) is 0 Å². The molecule has 0 fully saturated rings. The Balaban J connectivity index is 2.45. The zero-order chi connectivity index (χ0) is 11.8. The van der Waals surface area contributed by atoms with E-state index in [4.69, 9.17) is 9.47 Å². The second kappa shape index (κ2) is 7.79. The van der Waals surface area contributed by atoms with Crippen LogP contribution in [0.25, 0.3) is 0 Å². The van der Waals surface area contributed by atoms with Crippen LogP contribution in [0.3, 0.4) is 0 Å². The molecule has 0 aliphatic heterocycles. The molecule has 1 unspecified atom stereocenters. The van der Waals surface area contributed by atoms with Gasteiger partial charge >= 0.3 is 0 Å². The minimum absolute atomic E-state index is 0.307. The van der Waals surface area contributed by atoms with Crippen LogP contribution in [0.1, 0.15) is 23.4 Å². The molecule has 0 saturated carbocycles. The maximum atomic E-state index is 5.59. The van der Waals surface area contributed by atoms with Gasteiger partial charge in [0.25, 0.3) is 0 Å². The molecule has 1 aromatic heterocycles. The molecule has 0 radical (unpaired) electrons. The standard InChI is InChI=1S/C12H21NO2S/c1-4-13-11(9-15-7-6-14-3)12-10(2)5-8-16-12/h5,8,11,13H,4,6-7,9H2,1-3H3. The lowest BCUT2D eigenvalue weighted by atomic mass is 10.2. The molecule has 0 aliphatic rings. The Hall–Kier alpha value is -0.420. The highest BCUT2D eigenvalue weighted by atomic mass is 32.1. The third-order valence-electron chi connectivity index (χ3n) is 2.39. The van der Waals surface area contributed by atoms with E-state index in [2.05, 4.69) is 30.6 Å². The van der Waals surface area contributed by atoms with Gasteiger partial charge in [0.15, 0.2) is 0 Å². The Morgan fingerprint density at radius 2 is 2.25 bits per heavy atom. The van der Waals surface area contributed by atoms with Gasteiger partial charge < -0.3 is 14.8 Å². The number of thiophene rings is 1. The Labute approximate surface area is 102 Å². The molecule has 1 N–H and O–H groups in total. The normalized spacial score (nSPS) is 12.9. The first-order valence-corrected chi connectivity index (χ1v) is 6.51. The summed E-state index contributed by atoms with van der Waals surface area (Å²) in [6.07, 6.45) is 0. The SMILES string of the molecule is CCNC(COCCOC)c1sccc1C. The summed E-state index contributed by atoms with van der Waals surface area (Å²) in [5.74, 6) is 0. The number of hydrogen-bond acceptors (Lipinski definition) is 4. The zero-order valence-corrected chi connectivity index (χ0v) is 11.1. The van der Waals surface area contributed by atoms with E-state index in [-0.39, 0.29) is 0 Å². The highest BCUT2D eigenvalue weighted by Crippen LogP contribution is 2.24. The van der Waals surface area contributed by atoms with E-state index in [9.17, 15) is 0 Å². The molecule has 1 heterocycles. The molecule has 4 heteroatoms. The number of likely N-dealkylation sites (N-methyl/N-ethyl adjacent to an activating group) is 1. The summed E-state index contributed by atoms with van der Waals surface area (Å²) < 4.78 is 10.5. The van der Waals surface area contributed by atoms with E-state index < -0.39 is 0 Å². The van der Waals surface area contributed by atoms with Crippen LogP contribution in [-0.2, 0) is 9.47 Å². The highest BCUT2D eigenvalue weighted by Gasteiger charge is 2.13. The molecule has 0 aliphatic carbocycles. The molecule has 1 aromatic rings. The van der Waals surface area contributed by atoms with Gasteiger partial charge in [-0.2, -0.15) is 0 Å². The van der Waals surface area contributed by atoms with E-state index in [0.717, 1.165) is 6.54 Å². The van der Waals surface area contributed by atoms with E-state index in [1.165, 1.54) is 10.4 Å². The number of nitrogens with one attached hydrogen (secondary N) is 1. The van der Waals surface area contributed by atoms with Gasteiger partial charge in [0.1, 0.15) is 0 Å². The minimum atomic E-state index is 0.307. The van der Waals surface area contributed by atoms with E-state index in [0.29, 0.717) is 25.9 Å². The van der Waals surface area contributed by atoms with Gasteiger partial charge in [0, 0.05) is 12.0 Å². The second-order valence-corrected chi connectivity index (χ2v) is 4.59. The second-order valence-electron chi connectivity index (χ2n) is 3.65. The van der Waals surface area contributed by atoms with Crippen molar-refractivity contribution in [2.45, 2.75) is 19.9 Å². The molecule has 1 atom stereocenters. The highest BCUT2D eigenvalue weighted by molar-refractivity contribution is 7.10. The van der Waals surface area contributed by atoms with Gasteiger partial charge in [-0.15, -0.1) is 11.3 Å². The summed E-state index contributed by atoms with van der Waals surface area (Å²) in [6, 6.07) is 2.46. The smallest absolute Gasteiger partial charge is 0.0701 e. The van der Waals surface area contributed by atoms with Gasteiger partial charge in [-0.3, -0.25) is 0 Å². The fourth-order valence-electron chi connectivity index (χ4n) is 1.56. The van der Waals surface area contributed by atoms with Crippen LogP contribution in [0, 0.1) is 6.92 Å². The average molecular weight is 243 g/mol. The number of methoxy groups -OCH3 is 1. The summed E-state index contributed by atoms with van der Waals surface area (Å²) in [6.45, 7) is 7.23. The largest absolute Gasteiger partial charge is 0.382 e. The zero-order valence-electron chi connectivity index (χ0n) is 10.3. The van der Waals surface area contributed by atoms with E-state index >= 15 is 0 Å². The Morgan fingerprint density at radius 3 is 2.81 bits per heavy atom. The van der Waals surface area contributed by atoms with Gasteiger partial charge in [0.2, 0.25) is 0 Å². The summed E-state index contributed by atoms with van der Waals surface area (Å²) in [5.41, 5.74) is 1.34. The van der Waals surface area contributed by atoms with Gasteiger partial charge in [-0.1, -0.05) is 6.92 Å². The number of rotatable bonds is 8. The van der Waals surface area contributed by atoms with Crippen LogP contribution >= 0.6 is 11.3 Å². The monoisotopic (exact) mass is 243 g/mol. The van der Waals surface area contributed by atoms with Crippen molar-refractivity contribution in [1.29, 1.82) is 0 Å². The minimum Gasteiger partial charge on any atom is -0.382 e. The van der Waals surface area contributed by atoms with Gasteiger partial charge in [-0.25, -0.2) is 0 Å². The number of ether oxygens (including phenoxy) is 2. The lowest BCUT2D eigenvalue weighted by Gasteiger charge is -2.17. The fourth-order valence-corrected chi connectivity index (χ4v) is 2.55. The predicted octanol–water partition coefficient (Wildman–Crippen LogP) is 2.37. The fraction of sp³-hybridized carbons (Fsp3) is 0.667. The lowest BCUT2D eigenvalue weighted by molar-refractivity contribution is 0.0592. The third kappa shape index (κ3) is 4.22. The number of aryl methyl sites for hydroxylation is 1. The number of hydrogen-bond donors (Lipinski definition) is 1. The van der Waals surface area contributed by atoms with Crippen LogP contribution in [-0.4, -0.2) is 33.5 Å². The molecule has 0 aromatic carbocycles. The summed E-state index contributed by atoms with van der Waals surface area (Å²) in [7, 11) is 1.69. The van der Waals surface area contributed by atoms with Crippen LogP contribution < -0.4 is 5.32 Å². The molecule has 0 spiro atoms. The van der Waals surface area contributed by atoms with Crippen molar-refractivity contribution in [3.63, 3.8) is 0 Å². The summed E-state index contributed by atoms with van der Waals surface area (Å²) in [4.78, 5) is 1.37. The topological polar surface area (TPSA) is 30.5 Å². The molecule has 1 rings (SSSR count). The molecule has 0 bridgehead atoms. The Morgan fingerprint density at radius 1 is 1.44 bits per heavy atom. The van der Waals surface area contributed by atoms with Crippen molar-refractivity contribution >= 4 is 11.3 Å². The van der Waals surface area contributed by atoms with E-state index in [1.807, 2.05) is 0 Å².